The quantitative estimate of drug-likeness (QED) is 0.917. The Morgan fingerprint density at radius 3 is 3.00 bits per heavy atom. The summed E-state index contributed by atoms with van der Waals surface area (Å²) in [7, 11) is 0. The number of fused-ring (bicyclic) bond motifs is 1. The smallest absolute Gasteiger partial charge is 0.227 e. The Kier molecular flexibility index (Phi) is 3.43. The molecule has 1 aromatic rings. The molecule has 0 aliphatic carbocycles. The monoisotopic (exact) mass is 323 g/mol. The van der Waals surface area contributed by atoms with E-state index in [2.05, 4.69) is 0 Å². The second-order valence-electron chi connectivity index (χ2n) is 6.90. The molecule has 3 saturated heterocycles. The maximum Gasteiger partial charge on any atom is 0.227 e. The largest absolute Gasteiger partial charge is 0.396 e. The van der Waals surface area contributed by atoms with Crippen LogP contribution in [0.4, 0.5) is 8.78 Å². The number of likely N-dealkylation sites (tertiary alicyclic amines) is 1. The fourth-order valence-electron chi connectivity index (χ4n) is 4.56. The number of ether oxygens (including phenoxy) is 1. The predicted molar refractivity (Wildman–Crippen MR) is 77.5 cm³/mol. The van der Waals surface area contributed by atoms with Crippen molar-refractivity contribution < 1.29 is 23.4 Å². The van der Waals surface area contributed by atoms with E-state index in [4.69, 9.17) is 4.74 Å². The molecule has 1 aromatic carbocycles. The second kappa shape index (κ2) is 5.24. The van der Waals surface area contributed by atoms with Crippen LogP contribution in [0.3, 0.4) is 0 Å². The van der Waals surface area contributed by atoms with Gasteiger partial charge in [-0.05, 0) is 24.5 Å². The van der Waals surface area contributed by atoms with E-state index in [-0.39, 0.29) is 48.0 Å². The van der Waals surface area contributed by atoms with Gasteiger partial charge in [-0.2, -0.15) is 0 Å². The van der Waals surface area contributed by atoms with E-state index in [1.54, 1.807) is 4.90 Å². The van der Waals surface area contributed by atoms with Crippen LogP contribution in [-0.4, -0.2) is 47.3 Å². The molecule has 3 aliphatic rings. The van der Waals surface area contributed by atoms with E-state index >= 15 is 0 Å². The lowest BCUT2D eigenvalue weighted by Gasteiger charge is -2.27. The molecule has 4 rings (SSSR count). The highest BCUT2D eigenvalue weighted by atomic mass is 19.1. The van der Waals surface area contributed by atoms with Gasteiger partial charge in [0, 0.05) is 31.1 Å². The first-order valence-electron chi connectivity index (χ1n) is 8.03. The number of hydrogen-bond acceptors (Lipinski definition) is 3. The van der Waals surface area contributed by atoms with Crippen molar-refractivity contribution in [3.8, 4) is 0 Å². The van der Waals surface area contributed by atoms with Crippen molar-refractivity contribution in [3.05, 3.63) is 35.4 Å². The lowest BCUT2D eigenvalue weighted by molar-refractivity contribution is -0.131. The van der Waals surface area contributed by atoms with E-state index in [9.17, 15) is 18.7 Å². The Hall–Kier alpha value is -1.53. The minimum atomic E-state index is -0.693. The number of carbonyl (C=O) groups excluding carboxylic acids is 1. The third-order valence-electron chi connectivity index (χ3n) is 5.70. The summed E-state index contributed by atoms with van der Waals surface area (Å²) in [5.41, 5.74) is -0.121. The third kappa shape index (κ3) is 2.27. The zero-order valence-electron chi connectivity index (χ0n) is 12.7. The Morgan fingerprint density at radius 1 is 1.43 bits per heavy atom. The van der Waals surface area contributed by atoms with Crippen LogP contribution >= 0.6 is 0 Å². The highest BCUT2D eigenvalue weighted by Gasteiger charge is 2.63. The van der Waals surface area contributed by atoms with E-state index < -0.39 is 11.6 Å². The number of nitrogens with zero attached hydrogens (tertiary/aromatic N) is 1. The summed E-state index contributed by atoms with van der Waals surface area (Å²) in [4.78, 5) is 14.2. The molecule has 0 unspecified atom stereocenters. The standard InChI is InChI=1S/C17H19F2NO3/c18-11-2-1-10(14(19)6-11)5-16(22)20-7-13-12(8-21)15-3-4-17(13,9-20)23-15/h1-2,6,12-13,15,21H,3-5,7-9H2/t12-,13+,15+,17+/m0/s1. The molecule has 4 atom stereocenters. The minimum absolute atomic E-state index is 0.0751. The zero-order valence-corrected chi connectivity index (χ0v) is 12.7. The van der Waals surface area contributed by atoms with E-state index in [0.717, 1.165) is 25.0 Å². The predicted octanol–water partition coefficient (Wildman–Crippen LogP) is 1.51. The molecule has 0 aromatic heterocycles. The highest BCUT2D eigenvalue weighted by Crippen LogP contribution is 2.54. The molecule has 1 N–H and O–H groups in total. The molecule has 0 saturated carbocycles. The fraction of sp³-hybridized carbons (Fsp3) is 0.588. The number of hydrogen-bond donors (Lipinski definition) is 1. The van der Waals surface area contributed by atoms with Gasteiger partial charge in [0.05, 0.1) is 24.7 Å². The first-order valence-corrected chi connectivity index (χ1v) is 8.03. The summed E-state index contributed by atoms with van der Waals surface area (Å²) in [5.74, 6) is -1.27. The molecular weight excluding hydrogens is 304 g/mol. The van der Waals surface area contributed by atoms with Crippen LogP contribution in [0.2, 0.25) is 0 Å². The lowest BCUT2D eigenvalue weighted by atomic mass is 9.74. The normalized spacial score (nSPS) is 34.9. The summed E-state index contributed by atoms with van der Waals surface area (Å²) in [6.45, 7) is 1.13. The van der Waals surface area contributed by atoms with Gasteiger partial charge in [-0.1, -0.05) is 6.07 Å². The van der Waals surface area contributed by atoms with Crippen molar-refractivity contribution in [2.45, 2.75) is 31.0 Å². The summed E-state index contributed by atoms with van der Waals surface area (Å²) >= 11 is 0. The Bertz CT molecular complexity index is 653. The molecule has 1 spiro atoms. The molecule has 0 radical (unpaired) electrons. The SMILES string of the molecule is O=C(Cc1ccc(F)cc1F)N1C[C@@H]2[C@H](CO)[C@H]3CC[C@]2(C1)O3. The molecule has 1 amide bonds. The topological polar surface area (TPSA) is 49.8 Å². The van der Waals surface area contributed by atoms with Crippen LogP contribution in [0.15, 0.2) is 18.2 Å². The average molecular weight is 323 g/mol. The maximum absolute atomic E-state index is 13.7. The van der Waals surface area contributed by atoms with Crippen LogP contribution < -0.4 is 0 Å². The van der Waals surface area contributed by atoms with Gasteiger partial charge in [0.25, 0.3) is 0 Å². The average Bonchev–Trinajstić information content (AvgIpc) is 3.16. The van der Waals surface area contributed by atoms with Crippen molar-refractivity contribution >= 4 is 5.91 Å². The van der Waals surface area contributed by atoms with Gasteiger partial charge in [-0.3, -0.25) is 4.79 Å². The number of halogens is 2. The van der Waals surface area contributed by atoms with E-state index in [0.29, 0.717) is 13.1 Å². The second-order valence-corrected chi connectivity index (χ2v) is 6.90. The first-order chi connectivity index (χ1) is 11.0. The summed E-state index contributed by atoms with van der Waals surface area (Å²) < 4.78 is 32.8. The van der Waals surface area contributed by atoms with Gasteiger partial charge >= 0.3 is 0 Å². The van der Waals surface area contributed by atoms with Gasteiger partial charge in [-0.15, -0.1) is 0 Å². The molecule has 3 aliphatic heterocycles. The van der Waals surface area contributed by atoms with Gasteiger partial charge in [-0.25, -0.2) is 8.78 Å². The number of aliphatic hydroxyl groups excluding tert-OH is 1. The Labute approximate surface area is 133 Å². The molecule has 6 heteroatoms. The zero-order chi connectivity index (χ0) is 16.2. The van der Waals surface area contributed by atoms with Crippen molar-refractivity contribution in [1.29, 1.82) is 0 Å². The molecule has 4 nitrogen and oxygen atoms in total. The molecule has 2 bridgehead atoms. The number of carbonyl (C=O) groups is 1. The Balaban J connectivity index is 1.49. The van der Waals surface area contributed by atoms with Crippen molar-refractivity contribution in [2.24, 2.45) is 11.8 Å². The summed E-state index contributed by atoms with van der Waals surface area (Å²) in [6, 6.07) is 3.28. The minimum Gasteiger partial charge on any atom is -0.396 e. The van der Waals surface area contributed by atoms with Gasteiger partial charge in [0.1, 0.15) is 11.6 Å². The van der Waals surface area contributed by atoms with Crippen LogP contribution in [0, 0.1) is 23.5 Å². The number of amides is 1. The van der Waals surface area contributed by atoms with E-state index in [1.165, 1.54) is 6.07 Å². The first kappa shape index (κ1) is 15.0. The number of aliphatic hydroxyl groups is 1. The van der Waals surface area contributed by atoms with Crippen LogP contribution in [-0.2, 0) is 16.0 Å². The maximum atomic E-state index is 13.7. The third-order valence-corrected chi connectivity index (χ3v) is 5.70. The molecule has 3 fully saturated rings. The van der Waals surface area contributed by atoms with Crippen molar-refractivity contribution in [3.63, 3.8) is 0 Å². The number of benzene rings is 1. The van der Waals surface area contributed by atoms with Gasteiger partial charge < -0.3 is 14.7 Å². The summed E-state index contributed by atoms with van der Waals surface area (Å²) in [5, 5.41) is 9.59. The number of rotatable bonds is 3. The lowest BCUT2D eigenvalue weighted by Crippen LogP contribution is -2.38. The molecular formula is C17H19F2NO3. The van der Waals surface area contributed by atoms with Gasteiger partial charge in [0.2, 0.25) is 5.91 Å². The van der Waals surface area contributed by atoms with Crippen LogP contribution in [0.25, 0.3) is 0 Å². The van der Waals surface area contributed by atoms with Crippen LogP contribution in [0.1, 0.15) is 18.4 Å². The van der Waals surface area contributed by atoms with Crippen molar-refractivity contribution in [1.82, 2.24) is 4.90 Å². The fourth-order valence-corrected chi connectivity index (χ4v) is 4.56. The van der Waals surface area contributed by atoms with E-state index in [1.807, 2.05) is 0 Å². The Morgan fingerprint density at radius 2 is 2.26 bits per heavy atom. The van der Waals surface area contributed by atoms with Crippen molar-refractivity contribution in [2.75, 3.05) is 19.7 Å². The summed E-state index contributed by atoms with van der Waals surface area (Å²) in [6.07, 6.45) is 1.86. The van der Waals surface area contributed by atoms with Gasteiger partial charge in [0.15, 0.2) is 0 Å². The molecule has 3 heterocycles. The van der Waals surface area contributed by atoms with Crippen LogP contribution in [0.5, 0.6) is 0 Å². The highest BCUT2D eigenvalue weighted by molar-refractivity contribution is 5.79. The molecule has 23 heavy (non-hydrogen) atoms. The molecule has 124 valence electrons.